The first-order chi connectivity index (χ1) is 14.5. The lowest BCUT2D eigenvalue weighted by molar-refractivity contribution is -0.115. The second kappa shape index (κ2) is 8.58. The lowest BCUT2D eigenvalue weighted by Gasteiger charge is -2.16. The molecule has 1 fully saturated rings. The molecule has 0 aliphatic carbocycles. The number of para-hydroxylation sites is 1. The standard InChI is InChI=1S/C20H21N5O3S2/c21-18(26)14-29-20-23-22-19(25(20)16-8-2-1-3-9-16)15-7-6-10-17(13-15)30(27,28)24-11-4-5-12-24/h1-3,6-10,13H,4-5,11-12,14H2,(H2,21,26). The zero-order valence-corrected chi connectivity index (χ0v) is 17.8. The van der Waals surface area contributed by atoms with Crippen LogP contribution in [0.2, 0.25) is 0 Å². The van der Waals surface area contributed by atoms with Gasteiger partial charge in [-0.05, 0) is 37.1 Å². The molecular weight excluding hydrogens is 422 g/mol. The summed E-state index contributed by atoms with van der Waals surface area (Å²) in [6.45, 7) is 1.08. The number of rotatable bonds is 7. The van der Waals surface area contributed by atoms with Gasteiger partial charge >= 0.3 is 0 Å². The highest BCUT2D eigenvalue weighted by Crippen LogP contribution is 2.30. The quantitative estimate of drug-likeness (QED) is 0.561. The first-order valence-electron chi connectivity index (χ1n) is 9.49. The molecule has 3 aromatic rings. The van der Waals surface area contributed by atoms with Gasteiger partial charge in [0.15, 0.2) is 11.0 Å². The van der Waals surface area contributed by atoms with Crippen LogP contribution in [0, 0.1) is 0 Å². The molecule has 8 nitrogen and oxygen atoms in total. The van der Waals surface area contributed by atoms with Crippen molar-refractivity contribution >= 4 is 27.7 Å². The number of amides is 1. The molecule has 2 aromatic carbocycles. The monoisotopic (exact) mass is 443 g/mol. The second-order valence-corrected chi connectivity index (χ2v) is 9.75. The minimum Gasteiger partial charge on any atom is -0.369 e. The Morgan fingerprint density at radius 2 is 1.77 bits per heavy atom. The fourth-order valence-electron chi connectivity index (χ4n) is 3.37. The summed E-state index contributed by atoms with van der Waals surface area (Å²) in [5.41, 5.74) is 6.71. The minimum atomic E-state index is -3.55. The lowest BCUT2D eigenvalue weighted by Crippen LogP contribution is -2.27. The normalized spacial score (nSPS) is 14.8. The summed E-state index contributed by atoms with van der Waals surface area (Å²) < 4.78 is 29.3. The van der Waals surface area contributed by atoms with Crippen molar-refractivity contribution in [3.05, 3.63) is 54.6 Å². The fraction of sp³-hybridized carbons (Fsp3) is 0.250. The molecule has 4 rings (SSSR count). The minimum absolute atomic E-state index is 0.0638. The highest BCUT2D eigenvalue weighted by atomic mass is 32.2. The summed E-state index contributed by atoms with van der Waals surface area (Å²) in [6.07, 6.45) is 1.75. The number of nitrogens with zero attached hydrogens (tertiary/aromatic N) is 4. The molecule has 30 heavy (non-hydrogen) atoms. The molecule has 2 N–H and O–H groups in total. The Bertz CT molecular complexity index is 1160. The molecule has 0 radical (unpaired) electrons. The van der Waals surface area contributed by atoms with Gasteiger partial charge in [-0.2, -0.15) is 4.31 Å². The van der Waals surface area contributed by atoms with Gasteiger partial charge in [0.2, 0.25) is 15.9 Å². The van der Waals surface area contributed by atoms with Crippen LogP contribution in [0.4, 0.5) is 0 Å². The van der Waals surface area contributed by atoms with E-state index in [2.05, 4.69) is 10.2 Å². The van der Waals surface area contributed by atoms with Gasteiger partial charge in [-0.25, -0.2) is 8.42 Å². The Hall–Kier alpha value is -2.69. The van der Waals surface area contributed by atoms with Gasteiger partial charge in [-0.3, -0.25) is 9.36 Å². The van der Waals surface area contributed by atoms with Crippen LogP contribution in [0.25, 0.3) is 17.1 Å². The van der Waals surface area contributed by atoms with Gasteiger partial charge in [-0.15, -0.1) is 10.2 Å². The van der Waals surface area contributed by atoms with Gasteiger partial charge in [0.1, 0.15) is 0 Å². The number of benzene rings is 2. The van der Waals surface area contributed by atoms with Crippen molar-refractivity contribution in [2.45, 2.75) is 22.9 Å². The van der Waals surface area contributed by atoms with E-state index in [-0.39, 0.29) is 10.6 Å². The van der Waals surface area contributed by atoms with Crippen molar-refractivity contribution < 1.29 is 13.2 Å². The molecule has 10 heteroatoms. The Kier molecular flexibility index (Phi) is 5.89. The molecule has 0 atom stereocenters. The number of hydrogen-bond acceptors (Lipinski definition) is 6. The number of carbonyl (C=O) groups excluding carboxylic acids is 1. The van der Waals surface area contributed by atoms with Crippen LogP contribution >= 0.6 is 11.8 Å². The molecule has 1 aromatic heterocycles. The zero-order valence-electron chi connectivity index (χ0n) is 16.1. The SMILES string of the molecule is NC(=O)CSc1nnc(-c2cccc(S(=O)(=O)N3CCCC3)c2)n1-c1ccccc1. The van der Waals surface area contributed by atoms with Crippen molar-refractivity contribution in [1.29, 1.82) is 0 Å². The third kappa shape index (κ3) is 4.11. The molecule has 2 heterocycles. The maximum absolute atomic E-state index is 13.0. The Labute approximate surface area is 179 Å². The van der Waals surface area contributed by atoms with E-state index in [9.17, 15) is 13.2 Å². The Morgan fingerprint density at radius 1 is 1.03 bits per heavy atom. The van der Waals surface area contributed by atoms with Gasteiger partial charge < -0.3 is 5.73 Å². The van der Waals surface area contributed by atoms with Crippen molar-refractivity contribution in [2.75, 3.05) is 18.8 Å². The third-order valence-corrected chi connectivity index (χ3v) is 7.63. The Balaban J connectivity index is 1.78. The first kappa shape index (κ1) is 20.6. The fourth-order valence-corrected chi connectivity index (χ4v) is 5.62. The number of sulfonamides is 1. The number of thioether (sulfide) groups is 1. The molecule has 1 aliphatic rings. The molecule has 0 saturated carbocycles. The zero-order chi connectivity index (χ0) is 21.1. The van der Waals surface area contributed by atoms with Crippen LogP contribution in [0.5, 0.6) is 0 Å². The van der Waals surface area contributed by atoms with Crippen molar-refractivity contribution in [3.63, 3.8) is 0 Å². The van der Waals surface area contributed by atoms with Gasteiger partial charge in [0.25, 0.3) is 0 Å². The average molecular weight is 444 g/mol. The molecule has 0 unspecified atom stereocenters. The van der Waals surface area contributed by atoms with E-state index in [0.29, 0.717) is 29.6 Å². The predicted molar refractivity (Wildman–Crippen MR) is 115 cm³/mol. The summed E-state index contributed by atoms with van der Waals surface area (Å²) in [5, 5.41) is 9.01. The predicted octanol–water partition coefficient (Wildman–Crippen LogP) is 2.30. The van der Waals surface area contributed by atoms with Crippen LogP contribution in [-0.4, -0.2) is 52.2 Å². The number of primary amides is 1. The number of carbonyl (C=O) groups is 1. The molecule has 0 bridgehead atoms. The summed E-state index contributed by atoms with van der Waals surface area (Å²) >= 11 is 1.18. The van der Waals surface area contributed by atoms with E-state index in [1.165, 1.54) is 16.1 Å². The van der Waals surface area contributed by atoms with Crippen LogP contribution in [0.1, 0.15) is 12.8 Å². The third-order valence-electron chi connectivity index (χ3n) is 4.79. The molecule has 1 aliphatic heterocycles. The summed E-state index contributed by atoms with van der Waals surface area (Å²) in [7, 11) is -3.55. The van der Waals surface area contributed by atoms with Crippen LogP contribution in [0.15, 0.2) is 64.6 Å². The smallest absolute Gasteiger partial charge is 0.243 e. The van der Waals surface area contributed by atoms with E-state index in [1.807, 2.05) is 30.3 Å². The van der Waals surface area contributed by atoms with Gasteiger partial charge in [0.05, 0.1) is 10.6 Å². The topological polar surface area (TPSA) is 111 Å². The number of aromatic nitrogens is 3. The number of hydrogen-bond donors (Lipinski definition) is 1. The maximum Gasteiger partial charge on any atom is 0.243 e. The highest BCUT2D eigenvalue weighted by Gasteiger charge is 2.28. The highest BCUT2D eigenvalue weighted by molar-refractivity contribution is 7.99. The largest absolute Gasteiger partial charge is 0.369 e. The van der Waals surface area contributed by atoms with Crippen molar-refractivity contribution in [2.24, 2.45) is 5.73 Å². The molecule has 0 spiro atoms. The molecule has 1 saturated heterocycles. The Morgan fingerprint density at radius 3 is 2.47 bits per heavy atom. The van der Waals surface area contributed by atoms with E-state index in [1.54, 1.807) is 28.8 Å². The average Bonchev–Trinajstić information content (AvgIpc) is 3.43. The summed E-state index contributed by atoms with van der Waals surface area (Å²) in [5.74, 6) is 0.100. The van der Waals surface area contributed by atoms with Crippen LogP contribution in [-0.2, 0) is 14.8 Å². The van der Waals surface area contributed by atoms with E-state index in [4.69, 9.17) is 5.73 Å². The number of nitrogens with two attached hydrogens (primary N) is 1. The van der Waals surface area contributed by atoms with Crippen molar-refractivity contribution in [1.82, 2.24) is 19.1 Å². The maximum atomic E-state index is 13.0. The van der Waals surface area contributed by atoms with E-state index < -0.39 is 15.9 Å². The van der Waals surface area contributed by atoms with Crippen molar-refractivity contribution in [3.8, 4) is 17.1 Å². The van der Waals surface area contributed by atoms with E-state index >= 15 is 0 Å². The van der Waals surface area contributed by atoms with Gasteiger partial charge in [0, 0.05) is 24.3 Å². The molecular formula is C20H21N5O3S2. The van der Waals surface area contributed by atoms with E-state index in [0.717, 1.165) is 18.5 Å². The lowest BCUT2D eigenvalue weighted by atomic mass is 10.2. The molecule has 156 valence electrons. The first-order valence-corrected chi connectivity index (χ1v) is 11.9. The summed E-state index contributed by atoms with van der Waals surface area (Å²) in [4.78, 5) is 11.5. The van der Waals surface area contributed by atoms with Crippen LogP contribution in [0.3, 0.4) is 0 Å². The second-order valence-electron chi connectivity index (χ2n) is 6.87. The van der Waals surface area contributed by atoms with Gasteiger partial charge in [-0.1, -0.05) is 42.1 Å². The molecule has 1 amide bonds. The van der Waals surface area contributed by atoms with Crippen LogP contribution < -0.4 is 5.73 Å². The summed E-state index contributed by atoms with van der Waals surface area (Å²) in [6, 6.07) is 16.2.